The number of ether oxygens (including phenoxy) is 1. The minimum atomic E-state index is 0.608. The van der Waals surface area contributed by atoms with Crippen molar-refractivity contribution >= 4 is 23.2 Å². The lowest BCUT2D eigenvalue weighted by Gasteiger charge is -2.07. The lowest BCUT2D eigenvalue weighted by Crippen LogP contribution is -2.18. The first kappa shape index (κ1) is 14.2. The zero-order chi connectivity index (χ0) is 10.8. The second-order valence-corrected chi connectivity index (χ2v) is 4.26. The van der Waals surface area contributed by atoms with Crippen molar-refractivity contribution in [3.8, 4) is 0 Å². The predicted octanol–water partition coefficient (Wildman–Crippen LogP) is 2.96. The quantitative estimate of drug-likeness (QED) is 0.658. The summed E-state index contributed by atoms with van der Waals surface area (Å²) in [4.78, 5) is 0. The third kappa shape index (κ3) is 10.3. The minimum Gasteiger partial charge on any atom is -0.381 e. The van der Waals surface area contributed by atoms with Crippen molar-refractivity contribution < 1.29 is 4.74 Å². The van der Waals surface area contributed by atoms with E-state index in [1.807, 2.05) is 0 Å². The Kier molecular flexibility index (Phi) is 9.95. The van der Waals surface area contributed by atoms with Crippen LogP contribution < -0.4 is 5.32 Å². The molecule has 14 heavy (non-hydrogen) atoms. The van der Waals surface area contributed by atoms with Crippen LogP contribution in [0.25, 0.3) is 0 Å². The number of rotatable bonds is 8. The van der Waals surface area contributed by atoms with Crippen LogP contribution in [0.2, 0.25) is 0 Å². The second kappa shape index (κ2) is 9.78. The van der Waals surface area contributed by atoms with E-state index in [1.165, 1.54) is 5.54 Å². The SMILES string of the molecule is CC(C)COCCCNCC(Cl)=CCl. The highest BCUT2D eigenvalue weighted by molar-refractivity contribution is 6.36. The van der Waals surface area contributed by atoms with Crippen molar-refractivity contribution in [2.75, 3.05) is 26.3 Å². The van der Waals surface area contributed by atoms with Crippen LogP contribution in [0.5, 0.6) is 0 Å². The zero-order valence-electron chi connectivity index (χ0n) is 8.85. The molecule has 0 heterocycles. The molecule has 0 saturated carbocycles. The van der Waals surface area contributed by atoms with E-state index >= 15 is 0 Å². The molecule has 84 valence electrons. The molecule has 0 fully saturated rings. The molecule has 0 spiro atoms. The van der Waals surface area contributed by atoms with Crippen LogP contribution in [-0.4, -0.2) is 26.3 Å². The van der Waals surface area contributed by atoms with Gasteiger partial charge in [0.05, 0.1) is 0 Å². The average molecular weight is 240 g/mol. The van der Waals surface area contributed by atoms with Gasteiger partial charge in [-0.25, -0.2) is 0 Å². The zero-order valence-corrected chi connectivity index (χ0v) is 10.4. The smallest absolute Gasteiger partial charge is 0.0489 e. The van der Waals surface area contributed by atoms with Gasteiger partial charge in [0.15, 0.2) is 0 Å². The van der Waals surface area contributed by atoms with Gasteiger partial charge < -0.3 is 10.1 Å². The van der Waals surface area contributed by atoms with Crippen molar-refractivity contribution in [3.63, 3.8) is 0 Å². The first-order valence-corrected chi connectivity index (χ1v) is 5.71. The fraction of sp³-hybridized carbons (Fsp3) is 0.800. The summed E-state index contributed by atoms with van der Waals surface area (Å²) in [5.41, 5.74) is 1.38. The van der Waals surface area contributed by atoms with Gasteiger partial charge in [0, 0.05) is 30.3 Å². The van der Waals surface area contributed by atoms with Crippen LogP contribution in [0.1, 0.15) is 20.3 Å². The Morgan fingerprint density at radius 1 is 1.50 bits per heavy atom. The van der Waals surface area contributed by atoms with Crippen LogP contribution in [0.3, 0.4) is 0 Å². The Bertz CT molecular complexity index is 160. The van der Waals surface area contributed by atoms with Gasteiger partial charge in [-0.3, -0.25) is 0 Å². The van der Waals surface area contributed by atoms with Gasteiger partial charge in [0.1, 0.15) is 0 Å². The monoisotopic (exact) mass is 239 g/mol. The molecule has 0 rings (SSSR count). The molecule has 0 bridgehead atoms. The fourth-order valence-electron chi connectivity index (χ4n) is 0.865. The molecule has 0 atom stereocenters. The topological polar surface area (TPSA) is 21.3 Å². The van der Waals surface area contributed by atoms with Crippen molar-refractivity contribution in [1.82, 2.24) is 5.32 Å². The normalized spacial score (nSPS) is 12.5. The molecule has 0 unspecified atom stereocenters. The molecule has 4 heteroatoms. The lowest BCUT2D eigenvalue weighted by atomic mass is 10.2. The first-order valence-electron chi connectivity index (χ1n) is 4.90. The molecule has 0 radical (unpaired) electrons. The Hall–Kier alpha value is 0.240. The summed E-state index contributed by atoms with van der Waals surface area (Å²) in [5, 5.41) is 3.79. The minimum absolute atomic E-state index is 0.608. The Morgan fingerprint density at radius 2 is 2.21 bits per heavy atom. The highest BCUT2D eigenvalue weighted by atomic mass is 35.5. The molecule has 2 nitrogen and oxygen atoms in total. The van der Waals surface area contributed by atoms with Gasteiger partial charge >= 0.3 is 0 Å². The van der Waals surface area contributed by atoms with E-state index in [4.69, 9.17) is 27.9 Å². The Labute approximate surface area is 96.6 Å². The maximum absolute atomic E-state index is 5.68. The van der Waals surface area contributed by atoms with Crippen molar-refractivity contribution in [2.45, 2.75) is 20.3 Å². The molecule has 0 aliphatic carbocycles. The average Bonchev–Trinajstić information content (AvgIpc) is 2.15. The van der Waals surface area contributed by atoms with Crippen molar-refractivity contribution in [3.05, 3.63) is 10.6 Å². The second-order valence-electron chi connectivity index (χ2n) is 3.56. The van der Waals surface area contributed by atoms with Gasteiger partial charge in [-0.15, -0.1) is 0 Å². The highest BCUT2D eigenvalue weighted by Gasteiger charge is 1.94. The molecule has 1 N–H and O–H groups in total. The van der Waals surface area contributed by atoms with E-state index in [9.17, 15) is 0 Å². The molecular formula is C10H19Cl2NO. The molecule has 0 aromatic heterocycles. The van der Waals surface area contributed by atoms with E-state index < -0.39 is 0 Å². The number of nitrogens with one attached hydrogen (secondary N) is 1. The summed E-state index contributed by atoms with van der Waals surface area (Å²) in [6.07, 6.45) is 0.999. The largest absolute Gasteiger partial charge is 0.381 e. The molecule has 0 amide bonds. The standard InChI is InChI=1S/C10H19Cl2NO/c1-9(2)8-14-5-3-4-13-7-10(12)6-11/h6,9,13H,3-5,7-8H2,1-2H3. The summed E-state index contributed by atoms with van der Waals surface area (Å²) in [7, 11) is 0. The third-order valence-electron chi connectivity index (χ3n) is 1.51. The summed E-state index contributed by atoms with van der Waals surface area (Å²) in [6.45, 7) is 7.45. The molecule has 0 saturated heterocycles. The summed E-state index contributed by atoms with van der Waals surface area (Å²) in [5.74, 6) is 0.608. The van der Waals surface area contributed by atoms with E-state index in [0.29, 0.717) is 17.5 Å². The third-order valence-corrected chi connectivity index (χ3v) is 2.12. The summed E-state index contributed by atoms with van der Waals surface area (Å²) >= 11 is 11.1. The van der Waals surface area contributed by atoms with Crippen molar-refractivity contribution in [2.24, 2.45) is 5.92 Å². The number of halogens is 2. The molecular weight excluding hydrogens is 221 g/mol. The first-order chi connectivity index (χ1) is 6.66. The predicted molar refractivity (Wildman–Crippen MR) is 62.9 cm³/mol. The summed E-state index contributed by atoms with van der Waals surface area (Å²) in [6, 6.07) is 0. The Morgan fingerprint density at radius 3 is 2.79 bits per heavy atom. The van der Waals surface area contributed by atoms with Crippen LogP contribution in [0, 0.1) is 5.92 Å². The van der Waals surface area contributed by atoms with Crippen LogP contribution >= 0.6 is 23.2 Å². The van der Waals surface area contributed by atoms with Gasteiger partial charge in [-0.1, -0.05) is 37.0 Å². The van der Waals surface area contributed by atoms with Crippen LogP contribution in [0.15, 0.2) is 10.6 Å². The summed E-state index contributed by atoms with van der Waals surface area (Å²) < 4.78 is 5.41. The van der Waals surface area contributed by atoms with Gasteiger partial charge in [0.2, 0.25) is 0 Å². The van der Waals surface area contributed by atoms with Crippen LogP contribution in [0.4, 0.5) is 0 Å². The number of hydrogen-bond acceptors (Lipinski definition) is 2. The van der Waals surface area contributed by atoms with E-state index in [0.717, 1.165) is 26.2 Å². The molecule has 0 aromatic rings. The van der Waals surface area contributed by atoms with Gasteiger partial charge in [-0.05, 0) is 18.9 Å². The van der Waals surface area contributed by atoms with E-state index in [1.54, 1.807) is 0 Å². The van der Waals surface area contributed by atoms with Crippen molar-refractivity contribution in [1.29, 1.82) is 0 Å². The molecule has 0 aliphatic heterocycles. The fourth-order valence-corrected chi connectivity index (χ4v) is 1.04. The van der Waals surface area contributed by atoms with Gasteiger partial charge in [-0.2, -0.15) is 0 Å². The highest BCUT2D eigenvalue weighted by Crippen LogP contribution is 2.00. The molecule has 0 aliphatic rings. The van der Waals surface area contributed by atoms with Gasteiger partial charge in [0.25, 0.3) is 0 Å². The van der Waals surface area contributed by atoms with Crippen LogP contribution in [-0.2, 0) is 4.74 Å². The Balaban J connectivity index is 3.07. The molecule has 0 aromatic carbocycles. The lowest BCUT2D eigenvalue weighted by molar-refractivity contribution is 0.108. The maximum atomic E-state index is 5.68. The number of hydrogen-bond donors (Lipinski definition) is 1. The van der Waals surface area contributed by atoms with E-state index in [2.05, 4.69) is 19.2 Å². The van der Waals surface area contributed by atoms with E-state index in [-0.39, 0.29) is 0 Å². The maximum Gasteiger partial charge on any atom is 0.0489 e.